The van der Waals surface area contributed by atoms with Crippen LogP contribution in [-0.2, 0) is 14.8 Å². The minimum Gasteiger partial charge on any atom is -0.493 e. The molecule has 0 aliphatic carbocycles. The lowest BCUT2D eigenvalue weighted by Gasteiger charge is -2.25. The number of benzene rings is 3. The van der Waals surface area contributed by atoms with E-state index in [1.807, 2.05) is 44.2 Å². The Balaban J connectivity index is 1.86. The Morgan fingerprint density at radius 2 is 1.49 bits per heavy atom. The standard InChI is InChI=1S/C29H36N4O5S/c1-7-32(8-2)24-11-9-23(10-12-24)19-30-31-29(34)20-33(25-16-21(3)15-22(4)17-25)39(35,36)26-13-14-27(37-5)28(18-26)38-6/h9-19H,7-8,20H2,1-6H3,(H,31,34)/b30-19-. The molecule has 3 rings (SSSR count). The van der Waals surface area contributed by atoms with Crippen LogP contribution in [0.15, 0.2) is 70.7 Å². The summed E-state index contributed by atoms with van der Waals surface area (Å²) >= 11 is 0. The molecule has 39 heavy (non-hydrogen) atoms. The molecule has 0 aliphatic heterocycles. The molecule has 9 nitrogen and oxygen atoms in total. The molecule has 0 atom stereocenters. The maximum absolute atomic E-state index is 13.8. The Hall–Kier alpha value is -4.05. The molecule has 0 spiro atoms. The van der Waals surface area contributed by atoms with Crippen LogP contribution in [0.2, 0.25) is 0 Å². The summed E-state index contributed by atoms with van der Waals surface area (Å²) in [6.45, 7) is 9.27. The maximum atomic E-state index is 13.8. The van der Waals surface area contributed by atoms with Crippen LogP contribution in [0.4, 0.5) is 11.4 Å². The zero-order valence-corrected chi connectivity index (χ0v) is 24.1. The van der Waals surface area contributed by atoms with Crippen LogP contribution in [0.3, 0.4) is 0 Å². The third-order valence-corrected chi connectivity index (χ3v) is 7.92. The first kappa shape index (κ1) is 29.5. The van der Waals surface area contributed by atoms with Crippen molar-refractivity contribution >= 4 is 33.5 Å². The minimum absolute atomic E-state index is 0.0381. The van der Waals surface area contributed by atoms with E-state index in [9.17, 15) is 13.2 Å². The topological polar surface area (TPSA) is 101 Å². The number of aryl methyl sites for hydroxylation is 2. The number of hydrogen-bond acceptors (Lipinski definition) is 7. The Morgan fingerprint density at radius 1 is 0.872 bits per heavy atom. The molecule has 0 aliphatic rings. The van der Waals surface area contributed by atoms with E-state index in [0.717, 1.165) is 39.8 Å². The molecule has 0 bridgehead atoms. The van der Waals surface area contributed by atoms with E-state index in [2.05, 4.69) is 29.3 Å². The van der Waals surface area contributed by atoms with Crippen LogP contribution in [0.5, 0.6) is 11.5 Å². The summed E-state index contributed by atoms with van der Waals surface area (Å²) in [6.07, 6.45) is 1.52. The Morgan fingerprint density at radius 3 is 2.05 bits per heavy atom. The van der Waals surface area contributed by atoms with E-state index in [1.165, 1.54) is 38.6 Å². The molecule has 0 unspecified atom stereocenters. The third-order valence-electron chi connectivity index (χ3n) is 6.15. The van der Waals surface area contributed by atoms with Gasteiger partial charge in [0.05, 0.1) is 31.0 Å². The van der Waals surface area contributed by atoms with Gasteiger partial charge in [0.2, 0.25) is 0 Å². The fourth-order valence-corrected chi connectivity index (χ4v) is 5.64. The number of nitrogens with zero attached hydrogens (tertiary/aromatic N) is 3. The highest BCUT2D eigenvalue weighted by Gasteiger charge is 2.28. The predicted molar refractivity (Wildman–Crippen MR) is 156 cm³/mol. The Bertz CT molecular complexity index is 1400. The summed E-state index contributed by atoms with van der Waals surface area (Å²) < 4.78 is 39.2. The van der Waals surface area contributed by atoms with E-state index in [1.54, 1.807) is 12.1 Å². The molecule has 10 heteroatoms. The van der Waals surface area contributed by atoms with Crippen LogP contribution in [-0.4, -0.2) is 54.4 Å². The summed E-state index contributed by atoms with van der Waals surface area (Å²) in [7, 11) is -1.26. The molecule has 1 N–H and O–H groups in total. The number of ether oxygens (including phenoxy) is 2. The van der Waals surface area contributed by atoms with Gasteiger partial charge in [-0.15, -0.1) is 0 Å². The lowest BCUT2D eigenvalue weighted by Crippen LogP contribution is -2.39. The smallest absolute Gasteiger partial charge is 0.264 e. The van der Waals surface area contributed by atoms with E-state index in [0.29, 0.717) is 11.4 Å². The van der Waals surface area contributed by atoms with Crippen molar-refractivity contribution in [2.75, 3.05) is 43.1 Å². The summed E-state index contributed by atoms with van der Waals surface area (Å²) in [6, 6.07) is 17.5. The zero-order chi connectivity index (χ0) is 28.6. The van der Waals surface area contributed by atoms with Crippen molar-refractivity contribution in [3.8, 4) is 11.5 Å². The first-order valence-corrected chi connectivity index (χ1v) is 14.1. The van der Waals surface area contributed by atoms with Gasteiger partial charge in [-0.05, 0) is 80.8 Å². The molecule has 1 amide bonds. The summed E-state index contributed by atoms with van der Waals surface area (Å²) in [5.41, 5.74) is 6.46. The lowest BCUT2D eigenvalue weighted by atomic mass is 10.1. The van der Waals surface area contributed by atoms with E-state index in [-0.39, 0.29) is 10.6 Å². The van der Waals surface area contributed by atoms with Crippen LogP contribution >= 0.6 is 0 Å². The highest BCUT2D eigenvalue weighted by Crippen LogP contribution is 2.32. The van der Waals surface area contributed by atoms with Crippen molar-refractivity contribution in [1.82, 2.24) is 5.43 Å². The quantitative estimate of drug-likeness (QED) is 0.262. The van der Waals surface area contributed by atoms with Gasteiger partial charge in [0.1, 0.15) is 6.54 Å². The van der Waals surface area contributed by atoms with Crippen molar-refractivity contribution in [3.05, 3.63) is 77.4 Å². The Kier molecular flexibility index (Phi) is 9.95. The average Bonchev–Trinajstić information content (AvgIpc) is 2.92. The van der Waals surface area contributed by atoms with Gasteiger partial charge >= 0.3 is 0 Å². The Labute approximate surface area is 231 Å². The molecular formula is C29H36N4O5S. The minimum atomic E-state index is -4.16. The van der Waals surface area contributed by atoms with Gasteiger partial charge < -0.3 is 14.4 Å². The van der Waals surface area contributed by atoms with Crippen LogP contribution < -0.4 is 24.1 Å². The van der Waals surface area contributed by atoms with E-state index < -0.39 is 22.5 Å². The number of rotatable bonds is 12. The number of hydrogen-bond donors (Lipinski definition) is 1. The van der Waals surface area contributed by atoms with Gasteiger partial charge in [-0.2, -0.15) is 5.10 Å². The summed E-state index contributed by atoms with van der Waals surface area (Å²) in [5, 5.41) is 4.05. The molecule has 0 heterocycles. The van der Waals surface area contributed by atoms with Crippen LogP contribution in [0.1, 0.15) is 30.5 Å². The van der Waals surface area contributed by atoms with E-state index in [4.69, 9.17) is 9.47 Å². The molecule has 208 valence electrons. The SMILES string of the molecule is CCN(CC)c1ccc(/C=N\NC(=O)CN(c2cc(C)cc(C)c2)S(=O)(=O)c2ccc(OC)c(OC)c2)cc1. The second kappa shape index (κ2) is 13.1. The fourth-order valence-electron chi connectivity index (χ4n) is 4.22. The molecule has 3 aromatic carbocycles. The first-order valence-electron chi connectivity index (χ1n) is 12.6. The number of methoxy groups -OCH3 is 2. The fraction of sp³-hybridized carbons (Fsp3) is 0.310. The highest BCUT2D eigenvalue weighted by atomic mass is 32.2. The second-order valence-electron chi connectivity index (χ2n) is 8.93. The van der Waals surface area contributed by atoms with Crippen molar-refractivity contribution in [3.63, 3.8) is 0 Å². The van der Waals surface area contributed by atoms with Gasteiger partial charge in [-0.3, -0.25) is 9.10 Å². The molecule has 0 radical (unpaired) electrons. The normalized spacial score (nSPS) is 11.3. The zero-order valence-electron chi connectivity index (χ0n) is 23.3. The van der Waals surface area contributed by atoms with Crippen LogP contribution in [0, 0.1) is 13.8 Å². The lowest BCUT2D eigenvalue weighted by molar-refractivity contribution is -0.119. The van der Waals surface area contributed by atoms with Gasteiger partial charge in [0.15, 0.2) is 11.5 Å². The number of anilines is 2. The third kappa shape index (κ3) is 7.29. The molecule has 0 saturated carbocycles. The second-order valence-corrected chi connectivity index (χ2v) is 10.8. The highest BCUT2D eigenvalue weighted by molar-refractivity contribution is 7.92. The van der Waals surface area contributed by atoms with Gasteiger partial charge in [0.25, 0.3) is 15.9 Å². The number of sulfonamides is 1. The molecular weight excluding hydrogens is 516 g/mol. The molecule has 0 saturated heterocycles. The molecule has 3 aromatic rings. The largest absolute Gasteiger partial charge is 0.493 e. The molecule has 0 fully saturated rings. The number of amides is 1. The number of hydrazone groups is 1. The van der Waals surface area contributed by atoms with Gasteiger partial charge in [-0.1, -0.05) is 18.2 Å². The van der Waals surface area contributed by atoms with Gasteiger partial charge in [-0.25, -0.2) is 13.8 Å². The predicted octanol–water partition coefficient (Wildman–Crippen LogP) is 4.51. The summed E-state index contributed by atoms with van der Waals surface area (Å²) in [4.78, 5) is 15.1. The van der Waals surface area contributed by atoms with Crippen molar-refractivity contribution in [1.29, 1.82) is 0 Å². The maximum Gasteiger partial charge on any atom is 0.264 e. The van der Waals surface area contributed by atoms with Gasteiger partial charge in [0, 0.05) is 24.8 Å². The van der Waals surface area contributed by atoms with Crippen molar-refractivity contribution in [2.45, 2.75) is 32.6 Å². The average molecular weight is 553 g/mol. The number of carbonyl (C=O) groups is 1. The number of carbonyl (C=O) groups excluding carboxylic acids is 1. The number of nitrogens with one attached hydrogen (secondary N) is 1. The van der Waals surface area contributed by atoms with Crippen LogP contribution in [0.25, 0.3) is 0 Å². The first-order chi connectivity index (χ1) is 18.6. The van der Waals surface area contributed by atoms with Crippen molar-refractivity contribution in [2.24, 2.45) is 5.10 Å². The molecule has 0 aromatic heterocycles. The van der Waals surface area contributed by atoms with E-state index >= 15 is 0 Å². The van der Waals surface area contributed by atoms with Crippen molar-refractivity contribution < 1.29 is 22.7 Å². The monoisotopic (exact) mass is 552 g/mol. The summed E-state index contributed by atoms with van der Waals surface area (Å²) in [5.74, 6) is 0.0702.